The van der Waals surface area contributed by atoms with Crippen molar-refractivity contribution in [3.63, 3.8) is 0 Å². The number of H-pyrrole nitrogens is 1. The first-order valence-corrected chi connectivity index (χ1v) is 4.12. The minimum absolute atomic E-state index is 0.123. The van der Waals surface area contributed by atoms with Gasteiger partial charge in [0, 0.05) is 18.2 Å². The van der Waals surface area contributed by atoms with Gasteiger partial charge in [0.2, 0.25) is 0 Å². The van der Waals surface area contributed by atoms with Crippen molar-refractivity contribution in [3.8, 4) is 0 Å². The van der Waals surface area contributed by atoms with E-state index in [1.165, 1.54) is 6.20 Å². The van der Waals surface area contributed by atoms with Crippen LogP contribution in [0.5, 0.6) is 0 Å². The highest BCUT2D eigenvalue weighted by atomic mass is 16.3. The minimum Gasteiger partial charge on any atom is -0.469 e. The van der Waals surface area contributed by atoms with Gasteiger partial charge in [-0.2, -0.15) is 0 Å². The number of nitrogens with one attached hydrogen (secondary N) is 1. The van der Waals surface area contributed by atoms with Gasteiger partial charge >= 0.3 is 0 Å². The largest absolute Gasteiger partial charge is 0.469 e. The second-order valence-corrected chi connectivity index (χ2v) is 2.88. The zero-order chi connectivity index (χ0) is 9.97. The molecule has 0 fully saturated rings. The van der Waals surface area contributed by atoms with E-state index in [0.29, 0.717) is 12.0 Å². The summed E-state index contributed by atoms with van der Waals surface area (Å²) in [5.41, 5.74) is 5.62. The fourth-order valence-corrected chi connectivity index (χ4v) is 1.16. The lowest BCUT2D eigenvalue weighted by Crippen LogP contribution is -2.15. The average molecular weight is 191 g/mol. The lowest BCUT2D eigenvalue weighted by Gasteiger charge is -1.97. The summed E-state index contributed by atoms with van der Waals surface area (Å²) < 4.78 is 5.11. The molecule has 0 aliphatic heterocycles. The summed E-state index contributed by atoms with van der Waals surface area (Å²) >= 11 is 0. The number of furan rings is 1. The predicted molar refractivity (Wildman–Crippen MR) is 50.8 cm³/mol. The van der Waals surface area contributed by atoms with Gasteiger partial charge in [-0.25, -0.2) is 4.98 Å². The highest BCUT2D eigenvalue weighted by molar-refractivity contribution is 5.20. The van der Waals surface area contributed by atoms with Crippen LogP contribution in [-0.4, -0.2) is 9.97 Å². The normalized spacial score (nSPS) is 10.3. The molecule has 5 nitrogen and oxygen atoms in total. The van der Waals surface area contributed by atoms with Gasteiger partial charge in [0.05, 0.1) is 6.26 Å². The molecule has 2 rings (SSSR count). The molecule has 3 N–H and O–H groups in total. The summed E-state index contributed by atoms with van der Waals surface area (Å²) in [5.74, 6) is 0.847. The Morgan fingerprint density at radius 3 is 3.07 bits per heavy atom. The lowest BCUT2D eigenvalue weighted by atomic mass is 10.2. The van der Waals surface area contributed by atoms with Crippen LogP contribution in [0.2, 0.25) is 0 Å². The summed E-state index contributed by atoms with van der Waals surface area (Å²) in [6, 6.07) is 3.57. The summed E-state index contributed by atoms with van der Waals surface area (Å²) in [6.07, 6.45) is 3.44. The van der Waals surface area contributed by atoms with E-state index < -0.39 is 0 Å². The van der Waals surface area contributed by atoms with Crippen LogP contribution in [0.25, 0.3) is 0 Å². The Kier molecular flexibility index (Phi) is 2.06. The van der Waals surface area contributed by atoms with Crippen LogP contribution in [0.1, 0.15) is 11.3 Å². The molecule has 0 saturated carbocycles. The standard InChI is InChI=1S/C9H9N3O2/c10-9-11-5-6(8(13)12-9)4-7-2-1-3-14-7/h1-3,5H,4H2,(H3,10,11,12,13). The summed E-state index contributed by atoms with van der Waals surface area (Å²) in [5, 5.41) is 0. The first kappa shape index (κ1) is 8.55. The van der Waals surface area contributed by atoms with E-state index in [1.807, 2.05) is 0 Å². The fraction of sp³-hybridized carbons (Fsp3) is 0.111. The Morgan fingerprint density at radius 1 is 1.57 bits per heavy atom. The predicted octanol–water partition coefficient (Wildman–Crippen LogP) is 0.536. The second-order valence-electron chi connectivity index (χ2n) is 2.88. The molecule has 0 bridgehead atoms. The molecule has 0 atom stereocenters. The van der Waals surface area contributed by atoms with Gasteiger partial charge in [0.15, 0.2) is 5.95 Å². The maximum atomic E-state index is 11.3. The van der Waals surface area contributed by atoms with E-state index in [4.69, 9.17) is 10.2 Å². The number of aromatic nitrogens is 2. The maximum absolute atomic E-state index is 11.3. The molecule has 0 saturated heterocycles. The summed E-state index contributed by atoms with van der Waals surface area (Å²) in [7, 11) is 0. The monoisotopic (exact) mass is 191 g/mol. The van der Waals surface area contributed by atoms with E-state index in [0.717, 1.165) is 5.76 Å². The fourth-order valence-electron chi connectivity index (χ4n) is 1.16. The van der Waals surface area contributed by atoms with Crippen molar-refractivity contribution in [3.05, 3.63) is 46.3 Å². The molecule has 0 radical (unpaired) electrons. The molecule has 0 aliphatic rings. The lowest BCUT2D eigenvalue weighted by molar-refractivity contribution is 0.520. The van der Waals surface area contributed by atoms with Crippen LogP contribution in [0.15, 0.2) is 33.8 Å². The number of hydrogen-bond acceptors (Lipinski definition) is 4. The van der Waals surface area contributed by atoms with Gasteiger partial charge in [-0.15, -0.1) is 0 Å². The van der Waals surface area contributed by atoms with Crippen molar-refractivity contribution in [1.29, 1.82) is 0 Å². The van der Waals surface area contributed by atoms with Crippen molar-refractivity contribution in [2.45, 2.75) is 6.42 Å². The van der Waals surface area contributed by atoms with E-state index in [2.05, 4.69) is 9.97 Å². The van der Waals surface area contributed by atoms with Crippen LogP contribution >= 0.6 is 0 Å². The SMILES string of the molecule is Nc1ncc(Cc2ccco2)c(=O)[nH]1. The molecule has 2 heterocycles. The topological polar surface area (TPSA) is 84.9 Å². The first-order valence-electron chi connectivity index (χ1n) is 4.12. The molecule has 72 valence electrons. The zero-order valence-corrected chi connectivity index (χ0v) is 7.36. The molecular formula is C9H9N3O2. The zero-order valence-electron chi connectivity index (χ0n) is 7.36. The number of hydrogen-bond donors (Lipinski definition) is 2. The van der Waals surface area contributed by atoms with E-state index in [9.17, 15) is 4.79 Å². The Hall–Kier alpha value is -2.04. The van der Waals surface area contributed by atoms with Gasteiger partial charge in [0.25, 0.3) is 5.56 Å². The van der Waals surface area contributed by atoms with Gasteiger partial charge < -0.3 is 10.2 Å². The molecule has 0 spiro atoms. The molecule has 0 amide bonds. The van der Waals surface area contributed by atoms with Crippen molar-refractivity contribution >= 4 is 5.95 Å². The van der Waals surface area contributed by atoms with Crippen LogP contribution in [0.4, 0.5) is 5.95 Å². The van der Waals surface area contributed by atoms with Crippen molar-refractivity contribution in [2.24, 2.45) is 0 Å². The highest BCUT2D eigenvalue weighted by Gasteiger charge is 2.03. The first-order chi connectivity index (χ1) is 6.75. The Bertz CT molecular complexity index is 473. The average Bonchev–Trinajstić information content (AvgIpc) is 2.62. The smallest absolute Gasteiger partial charge is 0.255 e. The van der Waals surface area contributed by atoms with E-state index in [-0.39, 0.29) is 11.5 Å². The van der Waals surface area contributed by atoms with Gasteiger partial charge in [-0.3, -0.25) is 9.78 Å². The van der Waals surface area contributed by atoms with Crippen molar-refractivity contribution in [1.82, 2.24) is 9.97 Å². The van der Waals surface area contributed by atoms with Gasteiger partial charge in [0.1, 0.15) is 5.76 Å². The quantitative estimate of drug-likeness (QED) is 0.725. The van der Waals surface area contributed by atoms with Gasteiger partial charge in [-0.05, 0) is 12.1 Å². The Balaban J connectivity index is 2.30. The summed E-state index contributed by atoms with van der Waals surface area (Å²) in [6.45, 7) is 0. The van der Waals surface area contributed by atoms with Gasteiger partial charge in [-0.1, -0.05) is 0 Å². The third-order valence-electron chi connectivity index (χ3n) is 1.84. The van der Waals surface area contributed by atoms with E-state index in [1.54, 1.807) is 18.4 Å². The Morgan fingerprint density at radius 2 is 2.43 bits per heavy atom. The highest BCUT2D eigenvalue weighted by Crippen LogP contribution is 2.05. The van der Waals surface area contributed by atoms with Crippen LogP contribution in [-0.2, 0) is 6.42 Å². The third kappa shape index (κ3) is 1.66. The van der Waals surface area contributed by atoms with Crippen LogP contribution < -0.4 is 11.3 Å². The number of nitrogen functional groups attached to an aromatic ring is 1. The van der Waals surface area contributed by atoms with Crippen LogP contribution in [0, 0.1) is 0 Å². The molecule has 14 heavy (non-hydrogen) atoms. The third-order valence-corrected chi connectivity index (χ3v) is 1.84. The molecular weight excluding hydrogens is 182 g/mol. The number of anilines is 1. The number of rotatable bonds is 2. The van der Waals surface area contributed by atoms with E-state index >= 15 is 0 Å². The Labute approximate surface area is 79.6 Å². The number of nitrogens with two attached hydrogens (primary N) is 1. The second kappa shape index (κ2) is 3.37. The molecule has 0 aliphatic carbocycles. The molecule has 0 aromatic carbocycles. The minimum atomic E-state index is -0.228. The molecule has 2 aromatic heterocycles. The maximum Gasteiger partial charge on any atom is 0.255 e. The summed E-state index contributed by atoms with van der Waals surface area (Å²) in [4.78, 5) is 17.6. The molecule has 2 aromatic rings. The molecule has 5 heteroatoms. The molecule has 0 unspecified atom stereocenters. The van der Waals surface area contributed by atoms with Crippen molar-refractivity contribution < 1.29 is 4.42 Å². The van der Waals surface area contributed by atoms with Crippen molar-refractivity contribution in [2.75, 3.05) is 5.73 Å². The number of nitrogens with zero attached hydrogens (tertiary/aromatic N) is 1. The number of aromatic amines is 1. The van der Waals surface area contributed by atoms with Crippen LogP contribution in [0.3, 0.4) is 0 Å².